The first-order chi connectivity index (χ1) is 20.9. The van der Waals surface area contributed by atoms with Crippen molar-refractivity contribution in [3.05, 3.63) is 71.4 Å². The number of benzene rings is 1. The number of aromatic nitrogens is 7. The third-order valence-corrected chi connectivity index (χ3v) is 7.41. The summed E-state index contributed by atoms with van der Waals surface area (Å²) in [7, 11) is 0. The number of hydrogen-bond acceptors (Lipinski definition) is 7. The van der Waals surface area contributed by atoms with Gasteiger partial charge in [0, 0.05) is 19.3 Å². The van der Waals surface area contributed by atoms with E-state index in [4.69, 9.17) is 4.74 Å². The molecule has 0 radical (unpaired) electrons. The van der Waals surface area contributed by atoms with Crippen molar-refractivity contribution >= 4 is 11.7 Å². The van der Waals surface area contributed by atoms with Crippen LogP contribution in [0, 0.1) is 5.92 Å². The molecule has 3 heterocycles. The number of alkyl carbamates (subject to hydrolysis) is 1. The quantitative estimate of drug-likeness (QED) is 0.219. The van der Waals surface area contributed by atoms with Crippen molar-refractivity contribution in [2.45, 2.75) is 75.7 Å². The lowest BCUT2D eigenvalue weighted by Crippen LogP contribution is -2.37. The fourth-order valence-corrected chi connectivity index (χ4v) is 5.28. The van der Waals surface area contributed by atoms with Gasteiger partial charge in [-0.3, -0.25) is 0 Å². The van der Waals surface area contributed by atoms with E-state index in [1.807, 2.05) is 0 Å². The summed E-state index contributed by atoms with van der Waals surface area (Å²) in [5.74, 6) is -5.04. The standard InChI is InChI=1S/C27H27F7N8O2/c28-21(29)11-19(24-38-39-40-42(24)15-27(32,33)34)18-10-22-36-20(13-41(22)35-12-18)23(17-6-8-26(30,31)9-7-17)37-25(43)44-14-16-4-2-1-3-5-16/h1-5,10,12-13,17,19,21,23H,6-9,11,14-15H2,(H,37,43)/t19?,23-/m0/s1. The highest BCUT2D eigenvalue weighted by Crippen LogP contribution is 2.41. The smallest absolute Gasteiger partial charge is 0.408 e. The van der Waals surface area contributed by atoms with Crippen LogP contribution in [0.5, 0.6) is 0 Å². The molecule has 0 spiro atoms. The minimum absolute atomic E-state index is 0.0302. The molecule has 3 aromatic heterocycles. The van der Waals surface area contributed by atoms with Gasteiger partial charge in [-0.15, -0.1) is 5.10 Å². The van der Waals surface area contributed by atoms with E-state index in [0.717, 1.165) is 5.56 Å². The predicted octanol–water partition coefficient (Wildman–Crippen LogP) is 5.86. The van der Waals surface area contributed by atoms with E-state index in [0.29, 0.717) is 4.68 Å². The van der Waals surface area contributed by atoms with Gasteiger partial charge in [-0.25, -0.2) is 36.5 Å². The highest BCUT2D eigenvalue weighted by Gasteiger charge is 2.40. The third kappa shape index (κ3) is 7.79. The molecule has 1 aliphatic carbocycles. The average molecular weight is 629 g/mol. The second-order valence-electron chi connectivity index (χ2n) is 10.6. The van der Waals surface area contributed by atoms with Crippen molar-refractivity contribution in [1.29, 1.82) is 0 Å². The largest absolute Gasteiger partial charge is 0.445 e. The second-order valence-corrected chi connectivity index (χ2v) is 10.6. The fourth-order valence-electron chi connectivity index (χ4n) is 5.28. The monoisotopic (exact) mass is 628 g/mol. The molecular weight excluding hydrogens is 601 g/mol. The van der Waals surface area contributed by atoms with E-state index in [-0.39, 0.29) is 49.2 Å². The maximum absolute atomic E-state index is 14.0. The molecule has 10 nitrogen and oxygen atoms in total. The van der Waals surface area contributed by atoms with E-state index >= 15 is 0 Å². The summed E-state index contributed by atoms with van der Waals surface area (Å²) in [6.45, 7) is -1.61. The van der Waals surface area contributed by atoms with Crippen molar-refractivity contribution in [3.63, 3.8) is 0 Å². The molecule has 2 atom stereocenters. The van der Waals surface area contributed by atoms with Crippen LogP contribution in [0.15, 0.2) is 48.8 Å². The van der Waals surface area contributed by atoms with Crippen LogP contribution in [-0.2, 0) is 17.9 Å². The molecule has 1 aliphatic rings. The number of ether oxygens (including phenoxy) is 1. The zero-order chi connectivity index (χ0) is 31.5. The molecule has 5 rings (SSSR count). The number of nitrogens with zero attached hydrogens (tertiary/aromatic N) is 7. The van der Waals surface area contributed by atoms with Crippen LogP contribution in [0.25, 0.3) is 5.65 Å². The lowest BCUT2D eigenvalue weighted by molar-refractivity contribution is -0.143. The summed E-state index contributed by atoms with van der Waals surface area (Å²) in [5.41, 5.74) is 1.20. The Bertz CT molecular complexity index is 1550. The number of tetrazole rings is 1. The van der Waals surface area contributed by atoms with Crippen LogP contribution in [0.1, 0.15) is 66.7 Å². The van der Waals surface area contributed by atoms with Gasteiger partial charge < -0.3 is 10.1 Å². The van der Waals surface area contributed by atoms with Crippen LogP contribution in [0.3, 0.4) is 0 Å². The number of amides is 1. The van der Waals surface area contributed by atoms with Crippen LogP contribution >= 0.6 is 0 Å². The fraction of sp³-hybridized carbons (Fsp3) is 0.481. The molecule has 44 heavy (non-hydrogen) atoms. The molecular formula is C27H27F7N8O2. The van der Waals surface area contributed by atoms with Gasteiger partial charge in [-0.2, -0.15) is 18.3 Å². The van der Waals surface area contributed by atoms with Crippen molar-refractivity contribution in [2.75, 3.05) is 0 Å². The summed E-state index contributed by atoms with van der Waals surface area (Å²) < 4.78 is 101. The average Bonchev–Trinajstić information content (AvgIpc) is 3.59. The minimum Gasteiger partial charge on any atom is -0.445 e. The maximum Gasteiger partial charge on any atom is 0.408 e. The number of rotatable bonds is 10. The van der Waals surface area contributed by atoms with Gasteiger partial charge in [-0.05, 0) is 46.4 Å². The Kier molecular flexibility index (Phi) is 9.01. The van der Waals surface area contributed by atoms with Crippen LogP contribution in [0.4, 0.5) is 35.5 Å². The number of hydrogen-bond donors (Lipinski definition) is 1. The normalized spacial score (nSPS) is 17.1. The molecule has 1 unspecified atom stereocenters. The number of imidazole rings is 1. The zero-order valence-corrected chi connectivity index (χ0v) is 23.0. The van der Waals surface area contributed by atoms with Crippen molar-refractivity contribution in [1.82, 2.24) is 40.1 Å². The van der Waals surface area contributed by atoms with Crippen molar-refractivity contribution in [2.24, 2.45) is 5.92 Å². The Hall–Kier alpha value is -4.31. The molecule has 1 N–H and O–H groups in total. The molecule has 0 saturated heterocycles. The topological polar surface area (TPSA) is 112 Å². The number of halogens is 7. The Labute approximate surface area is 245 Å². The van der Waals surface area contributed by atoms with E-state index in [9.17, 15) is 35.5 Å². The molecule has 1 aromatic carbocycles. The molecule has 0 bridgehead atoms. The first kappa shape index (κ1) is 31.1. The summed E-state index contributed by atoms with van der Waals surface area (Å²) in [4.78, 5) is 17.3. The SMILES string of the molecule is O=C(N[C@H](c1cn2ncc(C(CC(F)F)c3nnnn3CC(F)(F)F)cc2n1)C1CCC(F)(F)CC1)OCc1ccccc1. The summed E-state index contributed by atoms with van der Waals surface area (Å²) in [5, 5.41) is 17.1. The second kappa shape index (κ2) is 12.7. The lowest BCUT2D eigenvalue weighted by atomic mass is 9.81. The lowest BCUT2D eigenvalue weighted by Gasteiger charge is -2.33. The Balaban J connectivity index is 1.43. The van der Waals surface area contributed by atoms with Gasteiger partial charge in [0.2, 0.25) is 12.3 Å². The van der Waals surface area contributed by atoms with Gasteiger partial charge in [0.15, 0.2) is 11.5 Å². The Morgan fingerprint density at radius 1 is 1.14 bits per heavy atom. The van der Waals surface area contributed by atoms with Crippen LogP contribution < -0.4 is 5.32 Å². The summed E-state index contributed by atoms with van der Waals surface area (Å²) in [6, 6.07) is 9.40. The molecule has 0 aliphatic heterocycles. The molecule has 1 amide bonds. The number of carbonyl (C=O) groups is 1. The summed E-state index contributed by atoms with van der Waals surface area (Å²) in [6.07, 6.45) is -7.25. The molecule has 17 heteroatoms. The zero-order valence-electron chi connectivity index (χ0n) is 23.0. The number of alkyl halides is 7. The van der Waals surface area contributed by atoms with Crippen molar-refractivity contribution < 1.29 is 40.3 Å². The van der Waals surface area contributed by atoms with Crippen molar-refractivity contribution in [3.8, 4) is 0 Å². The summed E-state index contributed by atoms with van der Waals surface area (Å²) >= 11 is 0. The minimum atomic E-state index is -4.70. The number of fused-ring (bicyclic) bond motifs is 1. The first-order valence-electron chi connectivity index (χ1n) is 13.7. The third-order valence-electron chi connectivity index (χ3n) is 7.41. The van der Waals surface area contributed by atoms with E-state index in [1.54, 1.807) is 30.3 Å². The van der Waals surface area contributed by atoms with Gasteiger partial charge >= 0.3 is 12.3 Å². The van der Waals surface area contributed by atoms with Gasteiger partial charge in [0.25, 0.3) is 0 Å². The van der Waals surface area contributed by atoms with E-state index < -0.39 is 61.3 Å². The number of nitrogens with one attached hydrogen (secondary N) is 1. The van der Waals surface area contributed by atoms with Crippen LogP contribution in [-0.4, -0.2) is 59.4 Å². The predicted molar refractivity (Wildman–Crippen MR) is 139 cm³/mol. The Morgan fingerprint density at radius 2 is 1.86 bits per heavy atom. The maximum atomic E-state index is 14.0. The molecule has 1 saturated carbocycles. The van der Waals surface area contributed by atoms with Gasteiger partial charge in [0.1, 0.15) is 13.2 Å². The molecule has 236 valence electrons. The highest BCUT2D eigenvalue weighted by molar-refractivity contribution is 5.68. The first-order valence-corrected chi connectivity index (χ1v) is 13.7. The van der Waals surface area contributed by atoms with E-state index in [1.165, 1.54) is 23.0 Å². The highest BCUT2D eigenvalue weighted by atomic mass is 19.4. The van der Waals surface area contributed by atoms with Gasteiger partial charge in [0.05, 0.1) is 30.0 Å². The Morgan fingerprint density at radius 3 is 2.55 bits per heavy atom. The molecule has 1 fully saturated rings. The number of carbonyl (C=O) groups excluding carboxylic acids is 1. The van der Waals surface area contributed by atoms with Crippen LogP contribution in [0.2, 0.25) is 0 Å². The van der Waals surface area contributed by atoms with Gasteiger partial charge in [-0.1, -0.05) is 30.3 Å². The molecule has 4 aromatic rings. The van der Waals surface area contributed by atoms with E-state index in [2.05, 4.69) is 30.9 Å².